The summed E-state index contributed by atoms with van der Waals surface area (Å²) in [5.41, 5.74) is -2.10. The molecule has 0 radical (unpaired) electrons. The van der Waals surface area contributed by atoms with Crippen molar-refractivity contribution in [3.8, 4) is 0 Å². The first-order chi connectivity index (χ1) is 7.08. The van der Waals surface area contributed by atoms with E-state index in [4.69, 9.17) is 16.7 Å². The minimum atomic E-state index is -2.10. The van der Waals surface area contributed by atoms with Crippen LogP contribution in [-0.4, -0.2) is 47.2 Å². The molecule has 0 rings (SSSR count). The molecule has 0 atom stereocenters. The zero-order valence-corrected chi connectivity index (χ0v) is 8.92. The first kappa shape index (κ1) is 13.7. The Morgan fingerprint density at radius 3 is 1.87 bits per heavy atom. The van der Waals surface area contributed by atoms with E-state index in [9.17, 15) is 10.4 Å². The number of nitrogens with zero attached hydrogens (tertiary/aromatic N) is 4. The van der Waals surface area contributed by atoms with E-state index in [0.29, 0.717) is 0 Å². The number of hydrogen-bond donors (Lipinski definition) is 1. The van der Waals surface area contributed by atoms with E-state index in [1.165, 1.54) is 0 Å². The number of halogens is 1. The van der Waals surface area contributed by atoms with Gasteiger partial charge in [-0.25, -0.2) is 0 Å². The fourth-order valence-electron chi connectivity index (χ4n) is 0.639. The van der Waals surface area contributed by atoms with Gasteiger partial charge >= 0.3 is 5.66 Å². The van der Waals surface area contributed by atoms with Crippen LogP contribution in [0.15, 0.2) is 10.6 Å². The van der Waals surface area contributed by atoms with Crippen molar-refractivity contribution < 1.29 is 24.5 Å². The lowest BCUT2D eigenvalue weighted by Gasteiger charge is -2.19. The summed E-state index contributed by atoms with van der Waals surface area (Å²) in [4.78, 5) is 7.95. The molecule has 1 N–H and O–H groups in total. The Bertz CT molecular complexity index is 232. The summed E-state index contributed by atoms with van der Waals surface area (Å²) in [6, 6.07) is 0. The zero-order chi connectivity index (χ0) is 11.9. The third-order valence-corrected chi connectivity index (χ3v) is 1.92. The molecule has 0 aliphatic rings. The van der Waals surface area contributed by atoms with Gasteiger partial charge in [-0.1, -0.05) is 0 Å². The molecule has 0 unspecified atom stereocenters. The summed E-state index contributed by atoms with van der Waals surface area (Å²) < 4.78 is 0. The molecule has 0 amide bonds. The minimum Gasteiger partial charge on any atom is -0.592 e. The van der Waals surface area contributed by atoms with Gasteiger partial charge in [0.2, 0.25) is 10.6 Å². The van der Waals surface area contributed by atoms with Crippen molar-refractivity contribution in [2.75, 3.05) is 26.7 Å². The van der Waals surface area contributed by atoms with Crippen molar-refractivity contribution in [1.82, 2.24) is 0 Å². The van der Waals surface area contributed by atoms with Crippen LogP contribution in [0.25, 0.3) is 0 Å². The van der Waals surface area contributed by atoms with Crippen LogP contribution in [0.3, 0.4) is 0 Å². The Morgan fingerprint density at radius 2 is 1.67 bits per heavy atom. The monoisotopic (exact) mass is 242 g/mol. The lowest BCUT2D eigenvalue weighted by Crippen LogP contribution is -2.52. The Labute approximate surface area is 90.2 Å². The third kappa shape index (κ3) is 2.80. The summed E-state index contributed by atoms with van der Waals surface area (Å²) in [6.45, 7) is -0.900. The summed E-state index contributed by atoms with van der Waals surface area (Å²) >= 11 is 5.41. The molecule has 10 heteroatoms. The first-order valence-electron chi connectivity index (χ1n) is 3.68. The lowest BCUT2D eigenvalue weighted by molar-refractivity contribution is -0.842. The Hall–Kier alpha value is -1.35. The molecule has 0 bridgehead atoms. The molecule has 0 spiro atoms. The molecule has 0 saturated heterocycles. The maximum absolute atomic E-state index is 11.3. The maximum atomic E-state index is 11.3. The smallest absolute Gasteiger partial charge is 0.460 e. The Morgan fingerprint density at radius 1 is 1.27 bits per heavy atom. The van der Waals surface area contributed by atoms with Gasteiger partial charge in [-0.2, -0.15) is 0 Å². The molecule has 0 aliphatic carbocycles. The molecule has 0 aliphatic heterocycles. The van der Waals surface area contributed by atoms with Crippen molar-refractivity contribution in [2.45, 2.75) is 5.66 Å². The fraction of sp³-hybridized carbons (Fsp3) is 1.00. The van der Waals surface area contributed by atoms with Crippen LogP contribution in [-0.2, 0) is 9.68 Å². The van der Waals surface area contributed by atoms with Crippen molar-refractivity contribution in [2.24, 2.45) is 10.6 Å². The second-order valence-electron chi connectivity index (χ2n) is 2.35. The van der Waals surface area contributed by atoms with Gasteiger partial charge in [-0.05, 0) is 0 Å². The highest BCUT2D eigenvalue weighted by molar-refractivity contribution is 6.18. The highest BCUT2D eigenvalue weighted by Crippen LogP contribution is 2.14. The first-order valence-corrected chi connectivity index (χ1v) is 4.22. The average molecular weight is 243 g/mol. The van der Waals surface area contributed by atoms with Gasteiger partial charge in [-0.3, -0.25) is 0 Å². The van der Waals surface area contributed by atoms with Crippen LogP contribution in [0.4, 0.5) is 0 Å². The highest BCUT2D eigenvalue weighted by atomic mass is 35.5. The van der Waals surface area contributed by atoms with Gasteiger partial charge < -0.3 is 25.2 Å². The van der Waals surface area contributed by atoms with Gasteiger partial charge in [-0.15, -0.1) is 11.6 Å². The van der Waals surface area contributed by atoms with Gasteiger partial charge in [0.25, 0.3) is 0 Å². The van der Waals surface area contributed by atoms with E-state index >= 15 is 0 Å². The van der Waals surface area contributed by atoms with Gasteiger partial charge in [0.05, 0.1) is 0 Å². The van der Waals surface area contributed by atoms with Crippen molar-refractivity contribution in [3.05, 3.63) is 10.4 Å². The topological polar surface area (TPSA) is 116 Å². The van der Waals surface area contributed by atoms with Gasteiger partial charge in [0.15, 0.2) is 12.5 Å². The predicted octanol–water partition coefficient (Wildman–Crippen LogP) is -0.0384. The van der Waals surface area contributed by atoms with Crippen LogP contribution in [0.5, 0.6) is 0 Å². The molecule has 0 aromatic rings. The van der Waals surface area contributed by atoms with Crippen LogP contribution < -0.4 is 0 Å². The fourth-order valence-corrected chi connectivity index (χ4v) is 0.928. The van der Waals surface area contributed by atoms with Crippen LogP contribution in [0.1, 0.15) is 0 Å². The third-order valence-electron chi connectivity index (χ3n) is 1.49. The molecule has 9 nitrogen and oxygen atoms in total. The number of aliphatic hydroxyl groups excluding tert-OH is 1. The number of aliphatic hydroxyl groups is 1. The van der Waals surface area contributed by atoms with E-state index in [-0.39, 0.29) is 9.72 Å². The molecule has 0 fully saturated rings. The summed E-state index contributed by atoms with van der Waals surface area (Å²) in [6.07, 6.45) is 0. The number of rotatable bonds is 6. The quantitative estimate of drug-likeness (QED) is 0.231. The average Bonchev–Trinajstić information content (AvgIpc) is 2.21. The number of alkyl halides is 1. The molecule has 0 aromatic heterocycles. The molecule has 15 heavy (non-hydrogen) atoms. The summed E-state index contributed by atoms with van der Waals surface area (Å²) in [5.74, 6) is -0.545. The zero-order valence-electron chi connectivity index (χ0n) is 8.16. The Kier molecular flexibility index (Phi) is 5.64. The molecule has 88 valence electrons. The van der Waals surface area contributed by atoms with E-state index in [2.05, 4.69) is 20.2 Å². The van der Waals surface area contributed by atoms with Gasteiger partial charge in [0.1, 0.15) is 14.2 Å². The second-order valence-corrected chi connectivity index (χ2v) is 2.62. The molecule has 0 heterocycles. The molecule has 0 aromatic carbocycles. The summed E-state index contributed by atoms with van der Waals surface area (Å²) in [5, 5.41) is 37.3. The largest absolute Gasteiger partial charge is 0.592 e. The SMILES string of the molecule is CON=[N+]([O-])C(CO)(CCl)[N+]([O-])=NOC. The Balaban J connectivity index is 5.21. The number of hydroxylamine groups is 2. The second kappa shape index (κ2) is 6.19. The lowest BCUT2D eigenvalue weighted by atomic mass is 10.2. The highest BCUT2D eigenvalue weighted by Gasteiger charge is 2.52. The number of hydrogen-bond acceptors (Lipinski definition) is 7. The van der Waals surface area contributed by atoms with Crippen LogP contribution >= 0.6 is 11.6 Å². The standard InChI is InChI=1S/C5H11ClN4O5/c1-14-7-9(12)5(3-6,4-11)10(13)8-15-2/h11H,3-4H2,1-2H3. The maximum Gasteiger partial charge on any atom is 0.460 e. The van der Waals surface area contributed by atoms with Crippen molar-refractivity contribution >= 4 is 11.6 Å². The minimum absolute atomic E-state index is 0.185. The van der Waals surface area contributed by atoms with Crippen molar-refractivity contribution in [3.63, 3.8) is 0 Å². The van der Waals surface area contributed by atoms with E-state index < -0.39 is 18.1 Å². The van der Waals surface area contributed by atoms with E-state index in [1.807, 2.05) is 0 Å². The predicted molar refractivity (Wildman–Crippen MR) is 46.7 cm³/mol. The van der Waals surface area contributed by atoms with Crippen molar-refractivity contribution in [1.29, 1.82) is 0 Å². The van der Waals surface area contributed by atoms with Crippen LogP contribution in [0.2, 0.25) is 0 Å². The van der Waals surface area contributed by atoms with Gasteiger partial charge in [0, 0.05) is 9.72 Å². The van der Waals surface area contributed by atoms with E-state index in [0.717, 1.165) is 14.2 Å². The van der Waals surface area contributed by atoms with Crippen LogP contribution in [0, 0.1) is 10.4 Å². The molecular formula is C5H11ClN4O5. The molecular weight excluding hydrogens is 232 g/mol. The summed E-state index contributed by atoms with van der Waals surface area (Å²) in [7, 11) is 2.20. The molecule has 0 saturated carbocycles. The normalized spacial score (nSPS) is 17.1. The van der Waals surface area contributed by atoms with E-state index in [1.54, 1.807) is 0 Å².